The number of carbonyl (C=O) groups is 1. The molecule has 0 radical (unpaired) electrons. The molecule has 76 valence electrons. The van der Waals surface area contributed by atoms with Crippen LogP contribution in [0.25, 0.3) is 0 Å². The number of ketones is 1. The van der Waals surface area contributed by atoms with Gasteiger partial charge in [-0.05, 0) is 25.1 Å². The highest BCUT2D eigenvalue weighted by molar-refractivity contribution is 9.10. The summed E-state index contributed by atoms with van der Waals surface area (Å²) in [6.45, 7) is 1.54. The summed E-state index contributed by atoms with van der Waals surface area (Å²) in [5, 5.41) is 0. The van der Waals surface area contributed by atoms with Gasteiger partial charge < -0.3 is 4.74 Å². The minimum absolute atomic E-state index is 0.0569. The summed E-state index contributed by atoms with van der Waals surface area (Å²) in [7, 11) is 1.59. The van der Waals surface area contributed by atoms with Crippen LogP contribution in [-0.2, 0) is 4.79 Å². The van der Waals surface area contributed by atoms with Gasteiger partial charge >= 0.3 is 0 Å². The number of carbonyl (C=O) groups excluding carboxylic acids is 1. The lowest BCUT2D eigenvalue weighted by atomic mass is 10.1. The van der Waals surface area contributed by atoms with Crippen LogP contribution in [0.3, 0.4) is 0 Å². The molecule has 1 rings (SSSR count). The van der Waals surface area contributed by atoms with Gasteiger partial charge in [-0.3, -0.25) is 4.79 Å². The van der Waals surface area contributed by atoms with Gasteiger partial charge in [-0.1, -0.05) is 31.9 Å². The van der Waals surface area contributed by atoms with Crippen LogP contribution in [0.1, 0.15) is 17.3 Å². The van der Waals surface area contributed by atoms with E-state index < -0.39 is 0 Å². The molecule has 0 aliphatic heterocycles. The second-order valence-corrected chi connectivity index (χ2v) is 4.69. The molecule has 0 saturated heterocycles. The topological polar surface area (TPSA) is 26.3 Å². The summed E-state index contributed by atoms with van der Waals surface area (Å²) in [4.78, 5) is 10.9. The van der Waals surface area contributed by atoms with Gasteiger partial charge in [0.25, 0.3) is 0 Å². The van der Waals surface area contributed by atoms with Crippen LogP contribution in [-0.4, -0.2) is 12.9 Å². The zero-order chi connectivity index (χ0) is 10.7. The number of alkyl halides is 1. The molecule has 1 unspecified atom stereocenters. The van der Waals surface area contributed by atoms with Crippen LogP contribution in [0.4, 0.5) is 0 Å². The maximum atomic E-state index is 11.2. The molecule has 14 heavy (non-hydrogen) atoms. The van der Waals surface area contributed by atoms with E-state index in [1.165, 1.54) is 0 Å². The van der Waals surface area contributed by atoms with E-state index in [1.54, 1.807) is 14.0 Å². The zero-order valence-corrected chi connectivity index (χ0v) is 11.1. The van der Waals surface area contributed by atoms with Crippen LogP contribution < -0.4 is 4.74 Å². The van der Waals surface area contributed by atoms with E-state index in [0.29, 0.717) is 5.75 Å². The molecule has 0 aromatic heterocycles. The minimum Gasteiger partial charge on any atom is -0.496 e. The summed E-state index contributed by atoms with van der Waals surface area (Å²) < 4.78 is 6.10. The Morgan fingerprint density at radius 2 is 2.14 bits per heavy atom. The standard InChI is InChI=1S/C10H10Br2O2/c1-6(13)10(12)8-5-7(11)3-4-9(8)14-2/h3-5,10H,1-2H3. The Balaban J connectivity index is 3.16. The Bertz CT molecular complexity index is 350. The molecular formula is C10H10Br2O2. The first-order chi connectivity index (χ1) is 6.56. The number of rotatable bonds is 3. The summed E-state index contributed by atoms with van der Waals surface area (Å²) in [5.41, 5.74) is 0.842. The summed E-state index contributed by atoms with van der Waals surface area (Å²) in [6, 6.07) is 5.58. The third kappa shape index (κ3) is 2.58. The SMILES string of the molecule is COc1ccc(Br)cc1C(Br)C(C)=O. The van der Waals surface area contributed by atoms with E-state index in [1.807, 2.05) is 18.2 Å². The molecule has 0 bridgehead atoms. The fourth-order valence-electron chi connectivity index (χ4n) is 1.12. The van der Waals surface area contributed by atoms with Crippen molar-refractivity contribution in [3.8, 4) is 5.75 Å². The monoisotopic (exact) mass is 320 g/mol. The van der Waals surface area contributed by atoms with E-state index in [2.05, 4.69) is 31.9 Å². The molecule has 0 spiro atoms. The molecule has 1 atom stereocenters. The normalized spacial score (nSPS) is 12.3. The molecule has 4 heteroatoms. The molecule has 1 aromatic rings. The van der Waals surface area contributed by atoms with Crippen LogP contribution in [0.2, 0.25) is 0 Å². The average molecular weight is 322 g/mol. The van der Waals surface area contributed by atoms with Gasteiger partial charge in [0, 0.05) is 10.0 Å². The van der Waals surface area contributed by atoms with Crippen molar-refractivity contribution < 1.29 is 9.53 Å². The number of Topliss-reactive ketones (excluding diaryl/α,β-unsaturated/α-hetero) is 1. The molecule has 1 aromatic carbocycles. The lowest BCUT2D eigenvalue weighted by Gasteiger charge is -2.11. The molecule has 0 fully saturated rings. The van der Waals surface area contributed by atoms with Gasteiger partial charge in [0.2, 0.25) is 0 Å². The van der Waals surface area contributed by atoms with E-state index in [9.17, 15) is 4.79 Å². The Labute approximate surface area is 99.9 Å². The highest BCUT2D eigenvalue weighted by Crippen LogP contribution is 2.33. The second kappa shape index (κ2) is 4.94. The van der Waals surface area contributed by atoms with Gasteiger partial charge in [-0.15, -0.1) is 0 Å². The maximum Gasteiger partial charge on any atom is 0.147 e. The van der Waals surface area contributed by atoms with Crippen molar-refractivity contribution in [1.82, 2.24) is 0 Å². The largest absolute Gasteiger partial charge is 0.496 e. The number of halogens is 2. The summed E-state index contributed by atoms with van der Waals surface area (Å²) in [5.74, 6) is 0.770. The van der Waals surface area contributed by atoms with Crippen molar-refractivity contribution in [3.05, 3.63) is 28.2 Å². The maximum absolute atomic E-state index is 11.2. The van der Waals surface area contributed by atoms with E-state index >= 15 is 0 Å². The van der Waals surface area contributed by atoms with Gasteiger partial charge in [0.1, 0.15) is 16.4 Å². The molecule has 0 aliphatic carbocycles. The highest BCUT2D eigenvalue weighted by atomic mass is 79.9. The molecule has 0 amide bonds. The number of hydrogen-bond donors (Lipinski definition) is 0. The van der Waals surface area contributed by atoms with Crippen LogP contribution >= 0.6 is 31.9 Å². The Morgan fingerprint density at radius 1 is 1.50 bits per heavy atom. The third-order valence-corrected chi connectivity index (χ3v) is 3.45. The molecule has 0 saturated carbocycles. The van der Waals surface area contributed by atoms with Crippen molar-refractivity contribution in [2.45, 2.75) is 11.8 Å². The molecule has 2 nitrogen and oxygen atoms in total. The van der Waals surface area contributed by atoms with Gasteiger partial charge in [-0.2, -0.15) is 0 Å². The quantitative estimate of drug-likeness (QED) is 0.797. The number of methoxy groups -OCH3 is 1. The second-order valence-electron chi connectivity index (χ2n) is 2.86. The van der Waals surface area contributed by atoms with Crippen LogP contribution in [0.5, 0.6) is 5.75 Å². The Kier molecular flexibility index (Phi) is 4.13. The van der Waals surface area contributed by atoms with Gasteiger partial charge in [-0.25, -0.2) is 0 Å². The van der Waals surface area contributed by atoms with Crippen LogP contribution in [0, 0.1) is 0 Å². The summed E-state index contributed by atoms with van der Waals surface area (Å²) >= 11 is 6.68. The smallest absolute Gasteiger partial charge is 0.147 e. The fraction of sp³-hybridized carbons (Fsp3) is 0.300. The number of ether oxygens (including phenoxy) is 1. The first-order valence-corrected chi connectivity index (χ1v) is 5.75. The lowest BCUT2D eigenvalue weighted by Crippen LogP contribution is -2.03. The number of benzene rings is 1. The van der Waals surface area contributed by atoms with E-state index in [4.69, 9.17) is 4.74 Å². The van der Waals surface area contributed by atoms with Gasteiger partial charge in [0.15, 0.2) is 0 Å². The number of hydrogen-bond acceptors (Lipinski definition) is 2. The summed E-state index contributed by atoms with van der Waals surface area (Å²) in [6.07, 6.45) is 0. The van der Waals surface area contributed by atoms with Crippen molar-refractivity contribution >= 4 is 37.6 Å². The van der Waals surface area contributed by atoms with Crippen molar-refractivity contribution in [2.75, 3.05) is 7.11 Å². The first kappa shape index (κ1) is 11.7. The van der Waals surface area contributed by atoms with Crippen LogP contribution in [0.15, 0.2) is 22.7 Å². The first-order valence-electron chi connectivity index (χ1n) is 4.04. The van der Waals surface area contributed by atoms with Crippen molar-refractivity contribution in [3.63, 3.8) is 0 Å². The van der Waals surface area contributed by atoms with Crippen molar-refractivity contribution in [2.24, 2.45) is 0 Å². The lowest BCUT2D eigenvalue weighted by molar-refractivity contribution is -0.116. The molecule has 0 aliphatic rings. The molecule has 0 N–H and O–H groups in total. The fourth-order valence-corrected chi connectivity index (χ4v) is 1.86. The van der Waals surface area contributed by atoms with E-state index in [-0.39, 0.29) is 10.6 Å². The Morgan fingerprint density at radius 3 is 2.64 bits per heavy atom. The Hall–Kier alpha value is -0.350. The predicted molar refractivity (Wildman–Crippen MR) is 63.0 cm³/mol. The minimum atomic E-state index is -0.310. The average Bonchev–Trinajstić information content (AvgIpc) is 2.16. The molecular weight excluding hydrogens is 312 g/mol. The zero-order valence-electron chi connectivity index (χ0n) is 7.88. The predicted octanol–water partition coefficient (Wildman–Crippen LogP) is 3.48. The highest BCUT2D eigenvalue weighted by Gasteiger charge is 2.17. The third-order valence-electron chi connectivity index (χ3n) is 1.82. The van der Waals surface area contributed by atoms with Gasteiger partial charge in [0.05, 0.1) is 7.11 Å². The molecule has 0 heterocycles. The van der Waals surface area contributed by atoms with Crippen molar-refractivity contribution in [1.29, 1.82) is 0 Å². The van der Waals surface area contributed by atoms with E-state index in [0.717, 1.165) is 10.0 Å².